The van der Waals surface area contributed by atoms with E-state index in [2.05, 4.69) is 30.1 Å². The molecular weight excluding hydrogens is 456 g/mol. The van der Waals surface area contributed by atoms with E-state index in [0.29, 0.717) is 59.5 Å². The van der Waals surface area contributed by atoms with Gasteiger partial charge in [0.1, 0.15) is 18.2 Å². The minimum Gasteiger partial charge on any atom is -0.481 e. The number of fused-ring (bicyclic) bond motifs is 1. The fourth-order valence-corrected chi connectivity index (χ4v) is 4.45. The van der Waals surface area contributed by atoms with Crippen molar-refractivity contribution in [3.8, 4) is 11.4 Å². The summed E-state index contributed by atoms with van der Waals surface area (Å²) in [6, 6.07) is 10.0. The standard InChI is InChI=1S/C25H25F2N5O3/c1-25(23(33)34)6-8-32(9-7-25)24-28-12-17(13-29-24)16-3-4-18(19(26)11-16)22-30-20-5-2-15(14-35-27)10-21(20)31-22/h2-5,10-13,24,28H,6-9,14H2,1H3,(H,30,31)(H,33,34). The number of nitrogens with zero attached hydrogens (tertiary/aromatic N) is 3. The van der Waals surface area contributed by atoms with Crippen LogP contribution in [0.5, 0.6) is 0 Å². The van der Waals surface area contributed by atoms with E-state index in [0.717, 1.165) is 5.57 Å². The summed E-state index contributed by atoms with van der Waals surface area (Å²) in [5.41, 5.74) is 2.97. The molecule has 2 aromatic carbocycles. The molecule has 3 aromatic rings. The van der Waals surface area contributed by atoms with Gasteiger partial charge in [-0.1, -0.05) is 12.1 Å². The molecule has 0 spiro atoms. The summed E-state index contributed by atoms with van der Waals surface area (Å²) >= 11 is 0. The van der Waals surface area contributed by atoms with E-state index in [4.69, 9.17) is 0 Å². The molecule has 35 heavy (non-hydrogen) atoms. The Labute approximate surface area is 200 Å². The molecule has 182 valence electrons. The number of hydrogen-bond acceptors (Lipinski definition) is 6. The van der Waals surface area contributed by atoms with Crippen LogP contribution in [0.25, 0.3) is 28.0 Å². The minimum atomic E-state index is -0.760. The Hall–Kier alpha value is -3.63. The van der Waals surface area contributed by atoms with Gasteiger partial charge in [-0.2, -0.15) is 4.94 Å². The Morgan fingerprint density at radius 1 is 1.26 bits per heavy atom. The first-order valence-corrected chi connectivity index (χ1v) is 11.4. The largest absolute Gasteiger partial charge is 0.481 e. The van der Waals surface area contributed by atoms with Crippen LogP contribution >= 0.6 is 0 Å². The number of aromatic amines is 1. The number of benzene rings is 2. The van der Waals surface area contributed by atoms with Crippen molar-refractivity contribution in [2.24, 2.45) is 10.4 Å². The van der Waals surface area contributed by atoms with E-state index in [1.165, 1.54) is 6.07 Å². The lowest BCUT2D eigenvalue weighted by atomic mass is 9.80. The molecule has 0 bridgehead atoms. The summed E-state index contributed by atoms with van der Waals surface area (Å²) in [5, 5.41) is 12.6. The molecule has 5 rings (SSSR count). The molecule has 0 aliphatic carbocycles. The van der Waals surface area contributed by atoms with Crippen molar-refractivity contribution in [3.05, 3.63) is 59.5 Å². The van der Waals surface area contributed by atoms with Crippen LogP contribution in [0.4, 0.5) is 8.92 Å². The molecule has 1 saturated heterocycles. The Kier molecular flexibility index (Phi) is 6.08. The first-order chi connectivity index (χ1) is 16.9. The Balaban J connectivity index is 1.28. The number of carboxylic acid groups (broad SMARTS) is 1. The van der Waals surface area contributed by atoms with Crippen LogP contribution in [-0.4, -0.2) is 51.5 Å². The van der Waals surface area contributed by atoms with Gasteiger partial charge in [-0.25, -0.2) is 9.37 Å². The number of rotatable bonds is 6. The highest BCUT2D eigenvalue weighted by Gasteiger charge is 2.38. The van der Waals surface area contributed by atoms with Crippen LogP contribution in [0.3, 0.4) is 0 Å². The van der Waals surface area contributed by atoms with Crippen LogP contribution in [0.2, 0.25) is 0 Å². The van der Waals surface area contributed by atoms with Crippen molar-refractivity contribution in [2.45, 2.75) is 32.7 Å². The van der Waals surface area contributed by atoms with E-state index in [1.807, 2.05) is 0 Å². The first-order valence-electron chi connectivity index (χ1n) is 11.4. The van der Waals surface area contributed by atoms with Gasteiger partial charge in [0.15, 0.2) is 6.29 Å². The normalized spacial score (nSPS) is 20.0. The fourth-order valence-electron chi connectivity index (χ4n) is 4.45. The third-order valence-corrected chi connectivity index (χ3v) is 6.83. The van der Waals surface area contributed by atoms with Gasteiger partial charge in [-0.3, -0.25) is 14.7 Å². The average Bonchev–Trinajstić information content (AvgIpc) is 3.28. The monoisotopic (exact) mass is 481 g/mol. The average molecular weight is 482 g/mol. The molecule has 2 aliphatic rings. The minimum absolute atomic E-state index is 0.168. The summed E-state index contributed by atoms with van der Waals surface area (Å²) in [7, 11) is 0. The zero-order valence-corrected chi connectivity index (χ0v) is 19.1. The van der Waals surface area contributed by atoms with Crippen LogP contribution in [-0.2, 0) is 16.3 Å². The number of aromatic nitrogens is 2. The lowest BCUT2D eigenvalue weighted by Gasteiger charge is -2.39. The van der Waals surface area contributed by atoms with Gasteiger partial charge in [0.25, 0.3) is 0 Å². The summed E-state index contributed by atoms with van der Waals surface area (Å²) in [4.78, 5) is 29.3. The number of allylic oxidation sites excluding steroid dienone is 1. The second-order valence-electron chi connectivity index (χ2n) is 9.20. The second kappa shape index (κ2) is 9.20. The Bertz CT molecular complexity index is 1330. The molecular formula is C25H25F2N5O3. The SMILES string of the molecule is CC1(C(=O)O)CCN(C2N=CC(c3ccc(-c4nc5ccc(COF)cc5[nH]4)c(F)c3)=CN2)CC1. The molecule has 0 saturated carbocycles. The van der Waals surface area contributed by atoms with Crippen LogP contribution in [0, 0.1) is 11.2 Å². The van der Waals surface area contributed by atoms with Crippen molar-refractivity contribution in [3.63, 3.8) is 0 Å². The van der Waals surface area contributed by atoms with E-state index in [-0.39, 0.29) is 12.9 Å². The number of nitrogens with one attached hydrogen (secondary N) is 2. The molecule has 1 unspecified atom stereocenters. The maximum absolute atomic E-state index is 15.0. The topological polar surface area (TPSA) is 103 Å². The van der Waals surface area contributed by atoms with Gasteiger partial charge >= 0.3 is 5.97 Å². The number of aliphatic carboxylic acids is 1. The number of H-pyrrole nitrogens is 1. The van der Waals surface area contributed by atoms with Crippen molar-refractivity contribution in [1.82, 2.24) is 20.2 Å². The maximum atomic E-state index is 15.0. The van der Waals surface area contributed by atoms with Gasteiger partial charge in [-0.15, -0.1) is 0 Å². The number of likely N-dealkylation sites (tertiary alicyclic amines) is 1. The van der Waals surface area contributed by atoms with Gasteiger partial charge < -0.3 is 15.4 Å². The fraction of sp³-hybridized carbons (Fsp3) is 0.320. The van der Waals surface area contributed by atoms with Gasteiger partial charge in [0.05, 0.1) is 22.0 Å². The molecule has 1 fully saturated rings. The zero-order valence-electron chi connectivity index (χ0n) is 19.1. The molecule has 0 amide bonds. The lowest BCUT2D eigenvalue weighted by molar-refractivity contribution is -0.151. The second-order valence-corrected chi connectivity index (χ2v) is 9.20. The number of imidazole rings is 1. The van der Waals surface area contributed by atoms with Crippen molar-refractivity contribution in [2.75, 3.05) is 13.1 Å². The summed E-state index contributed by atoms with van der Waals surface area (Å²) in [5.74, 6) is -0.816. The molecule has 1 atom stereocenters. The van der Waals surface area contributed by atoms with Gasteiger partial charge in [0.2, 0.25) is 0 Å². The number of carbonyl (C=O) groups is 1. The zero-order chi connectivity index (χ0) is 24.6. The molecule has 3 heterocycles. The van der Waals surface area contributed by atoms with E-state index < -0.39 is 17.2 Å². The molecule has 1 aromatic heterocycles. The molecule has 3 N–H and O–H groups in total. The highest BCUT2D eigenvalue weighted by molar-refractivity contribution is 6.10. The third-order valence-electron chi connectivity index (χ3n) is 6.83. The van der Waals surface area contributed by atoms with E-state index >= 15 is 4.39 Å². The number of carboxylic acids is 1. The summed E-state index contributed by atoms with van der Waals surface area (Å²) in [6.07, 6.45) is 4.35. The van der Waals surface area contributed by atoms with Crippen molar-refractivity contribution < 1.29 is 23.8 Å². The first kappa shape index (κ1) is 23.1. The smallest absolute Gasteiger partial charge is 0.309 e. The highest BCUT2D eigenvalue weighted by atomic mass is 19.3. The molecule has 8 nitrogen and oxygen atoms in total. The Morgan fingerprint density at radius 2 is 2.06 bits per heavy atom. The number of aliphatic imine (C=N–C) groups is 1. The molecule has 0 radical (unpaired) electrons. The highest BCUT2D eigenvalue weighted by Crippen LogP contribution is 2.32. The number of hydrogen-bond donors (Lipinski definition) is 3. The molecule has 10 heteroatoms. The number of halogens is 2. The van der Waals surface area contributed by atoms with Crippen LogP contribution in [0.15, 0.2) is 47.6 Å². The third kappa shape index (κ3) is 4.54. The molecule has 2 aliphatic heterocycles. The maximum Gasteiger partial charge on any atom is 0.309 e. The van der Waals surface area contributed by atoms with E-state index in [9.17, 15) is 14.4 Å². The predicted molar refractivity (Wildman–Crippen MR) is 127 cm³/mol. The summed E-state index contributed by atoms with van der Waals surface area (Å²) in [6.45, 7) is 2.87. The quantitative estimate of drug-likeness (QED) is 0.486. The Morgan fingerprint density at radius 3 is 2.71 bits per heavy atom. The van der Waals surface area contributed by atoms with E-state index in [1.54, 1.807) is 49.7 Å². The number of piperidine rings is 1. The summed E-state index contributed by atoms with van der Waals surface area (Å²) < 4.78 is 27.2. The van der Waals surface area contributed by atoms with Crippen molar-refractivity contribution in [1.29, 1.82) is 0 Å². The van der Waals surface area contributed by atoms with Crippen molar-refractivity contribution >= 4 is 28.8 Å². The van der Waals surface area contributed by atoms with Crippen LogP contribution < -0.4 is 5.32 Å². The van der Waals surface area contributed by atoms with Crippen LogP contribution in [0.1, 0.15) is 30.9 Å². The van der Waals surface area contributed by atoms with Gasteiger partial charge in [-0.05, 0) is 59.7 Å². The predicted octanol–water partition coefficient (Wildman–Crippen LogP) is 4.26. The lowest BCUT2D eigenvalue weighted by Crippen LogP contribution is -2.50. The van der Waals surface area contributed by atoms with Gasteiger partial charge in [0, 0.05) is 31.1 Å².